The summed E-state index contributed by atoms with van der Waals surface area (Å²) in [5.74, 6) is 0.885. The first-order valence-corrected chi connectivity index (χ1v) is 6.88. The van der Waals surface area contributed by atoms with Crippen LogP contribution in [0.3, 0.4) is 0 Å². The summed E-state index contributed by atoms with van der Waals surface area (Å²) in [5.41, 5.74) is 1.39. The second-order valence-electron chi connectivity index (χ2n) is 4.81. The summed E-state index contributed by atoms with van der Waals surface area (Å²) in [6, 6.07) is 16.3. The summed E-state index contributed by atoms with van der Waals surface area (Å²) in [5, 5.41) is 9.33. The van der Waals surface area contributed by atoms with Crippen LogP contribution in [-0.2, 0) is 0 Å². The zero-order valence-electron chi connectivity index (χ0n) is 12.6. The minimum atomic E-state index is -0.472. The van der Waals surface area contributed by atoms with Crippen molar-refractivity contribution in [2.75, 3.05) is 14.2 Å². The molecule has 0 N–H and O–H groups in total. The molecule has 0 aliphatic carbocycles. The molecule has 4 heteroatoms. The number of nitrogens with zero attached hydrogens (tertiary/aromatic N) is 1. The van der Waals surface area contributed by atoms with Crippen molar-refractivity contribution < 1.29 is 14.3 Å². The number of hydrogen-bond donors (Lipinski definition) is 0. The first kappa shape index (κ1) is 15.6. The van der Waals surface area contributed by atoms with Crippen molar-refractivity contribution in [2.45, 2.75) is 12.3 Å². The summed E-state index contributed by atoms with van der Waals surface area (Å²) in [6.45, 7) is 0. The molecule has 1 atom stereocenters. The predicted molar refractivity (Wildman–Crippen MR) is 83.3 cm³/mol. The maximum atomic E-state index is 12.3. The minimum Gasteiger partial charge on any atom is -0.497 e. The molecule has 2 rings (SSSR count). The highest BCUT2D eigenvalue weighted by Crippen LogP contribution is 2.24. The molecule has 1 unspecified atom stereocenters. The standard InChI is InChI=1S/C18H17NO3/c1-21-16-7-3-13(4-8-16)15(12-19)11-18(20)14-5-9-17(22-2)10-6-14/h3-10,15H,11H2,1-2H3. The van der Waals surface area contributed by atoms with E-state index < -0.39 is 5.92 Å². The Bertz CT molecular complexity index is 669. The molecule has 0 aliphatic heterocycles. The van der Waals surface area contributed by atoms with E-state index in [4.69, 9.17) is 9.47 Å². The molecule has 0 fully saturated rings. The van der Waals surface area contributed by atoms with Crippen molar-refractivity contribution >= 4 is 5.78 Å². The number of benzene rings is 2. The van der Waals surface area contributed by atoms with Crippen LogP contribution in [0.25, 0.3) is 0 Å². The van der Waals surface area contributed by atoms with Gasteiger partial charge in [0.05, 0.1) is 26.2 Å². The Hall–Kier alpha value is -2.80. The molecule has 0 bridgehead atoms. The first-order valence-electron chi connectivity index (χ1n) is 6.88. The monoisotopic (exact) mass is 295 g/mol. The second-order valence-corrected chi connectivity index (χ2v) is 4.81. The van der Waals surface area contributed by atoms with Crippen LogP contribution >= 0.6 is 0 Å². The molecule has 0 spiro atoms. The van der Waals surface area contributed by atoms with Gasteiger partial charge >= 0.3 is 0 Å². The average Bonchev–Trinajstić information content (AvgIpc) is 2.59. The van der Waals surface area contributed by atoms with E-state index in [1.165, 1.54) is 0 Å². The van der Waals surface area contributed by atoms with Crippen LogP contribution < -0.4 is 9.47 Å². The highest BCUT2D eigenvalue weighted by molar-refractivity contribution is 5.96. The van der Waals surface area contributed by atoms with Crippen LogP contribution in [-0.4, -0.2) is 20.0 Å². The number of methoxy groups -OCH3 is 2. The van der Waals surface area contributed by atoms with Crippen LogP contribution in [0.1, 0.15) is 28.3 Å². The quantitative estimate of drug-likeness (QED) is 0.764. The summed E-state index contributed by atoms with van der Waals surface area (Å²) in [7, 11) is 3.16. The Morgan fingerprint density at radius 3 is 1.95 bits per heavy atom. The van der Waals surface area contributed by atoms with Crippen LogP contribution in [0, 0.1) is 11.3 Å². The van der Waals surface area contributed by atoms with Crippen molar-refractivity contribution in [3.63, 3.8) is 0 Å². The van der Waals surface area contributed by atoms with Gasteiger partial charge in [0.2, 0.25) is 0 Å². The fourth-order valence-corrected chi connectivity index (χ4v) is 2.15. The van der Waals surface area contributed by atoms with E-state index in [2.05, 4.69) is 6.07 Å². The molecule has 0 saturated heterocycles. The molecule has 0 radical (unpaired) electrons. The highest BCUT2D eigenvalue weighted by atomic mass is 16.5. The number of ketones is 1. The van der Waals surface area contributed by atoms with E-state index in [1.54, 1.807) is 50.6 Å². The minimum absolute atomic E-state index is 0.0648. The van der Waals surface area contributed by atoms with Gasteiger partial charge in [-0.3, -0.25) is 4.79 Å². The van der Waals surface area contributed by atoms with E-state index in [0.29, 0.717) is 11.3 Å². The lowest BCUT2D eigenvalue weighted by atomic mass is 9.93. The van der Waals surface area contributed by atoms with Crippen molar-refractivity contribution in [3.8, 4) is 17.6 Å². The topological polar surface area (TPSA) is 59.3 Å². The van der Waals surface area contributed by atoms with Gasteiger partial charge in [0.25, 0.3) is 0 Å². The molecule has 0 saturated carbocycles. The van der Waals surface area contributed by atoms with Gasteiger partial charge in [0.1, 0.15) is 11.5 Å². The lowest BCUT2D eigenvalue weighted by Crippen LogP contribution is -2.06. The zero-order chi connectivity index (χ0) is 15.9. The van der Waals surface area contributed by atoms with Crippen LogP contribution in [0.2, 0.25) is 0 Å². The molecule has 22 heavy (non-hydrogen) atoms. The van der Waals surface area contributed by atoms with Gasteiger partial charge in [-0.15, -0.1) is 0 Å². The van der Waals surface area contributed by atoms with Crippen LogP contribution in [0.4, 0.5) is 0 Å². The van der Waals surface area contributed by atoms with Crippen LogP contribution in [0.15, 0.2) is 48.5 Å². The smallest absolute Gasteiger partial charge is 0.164 e. The SMILES string of the molecule is COc1ccc(C(=O)CC(C#N)c2ccc(OC)cc2)cc1. The third kappa shape index (κ3) is 3.64. The highest BCUT2D eigenvalue weighted by Gasteiger charge is 2.17. The second kappa shape index (κ2) is 7.28. The third-order valence-corrected chi connectivity index (χ3v) is 3.48. The van der Waals surface area contributed by atoms with Crippen LogP contribution in [0.5, 0.6) is 11.5 Å². The van der Waals surface area contributed by atoms with Gasteiger partial charge in [-0.25, -0.2) is 0 Å². The lowest BCUT2D eigenvalue weighted by Gasteiger charge is -2.10. The maximum absolute atomic E-state index is 12.3. The molecular formula is C18H17NO3. The number of nitriles is 1. The van der Waals surface area contributed by atoms with E-state index in [-0.39, 0.29) is 12.2 Å². The molecule has 2 aromatic carbocycles. The molecule has 0 amide bonds. The summed E-state index contributed by atoms with van der Waals surface area (Å²) >= 11 is 0. The molecule has 0 heterocycles. The summed E-state index contributed by atoms with van der Waals surface area (Å²) in [6.07, 6.45) is 0.148. The van der Waals surface area contributed by atoms with E-state index >= 15 is 0 Å². The Kier molecular flexibility index (Phi) is 5.16. The number of hydrogen-bond acceptors (Lipinski definition) is 4. The third-order valence-electron chi connectivity index (χ3n) is 3.48. The molecule has 2 aromatic rings. The van der Waals surface area contributed by atoms with Gasteiger partial charge in [-0.05, 0) is 42.0 Å². The van der Waals surface area contributed by atoms with Gasteiger partial charge in [0.15, 0.2) is 5.78 Å². The molecule has 0 aliphatic rings. The fraction of sp³-hybridized carbons (Fsp3) is 0.222. The number of Topliss-reactive ketones (excluding diaryl/α,β-unsaturated/α-hetero) is 1. The van der Waals surface area contributed by atoms with Crippen molar-refractivity contribution in [1.29, 1.82) is 5.26 Å². The van der Waals surface area contributed by atoms with E-state index in [9.17, 15) is 10.1 Å². The number of carbonyl (C=O) groups is 1. The van der Waals surface area contributed by atoms with Crippen molar-refractivity contribution in [1.82, 2.24) is 0 Å². The molecule has 0 aromatic heterocycles. The van der Waals surface area contributed by atoms with E-state index in [0.717, 1.165) is 11.3 Å². The van der Waals surface area contributed by atoms with Gasteiger partial charge in [-0.2, -0.15) is 5.26 Å². The largest absolute Gasteiger partial charge is 0.497 e. The Labute approximate surface area is 129 Å². The van der Waals surface area contributed by atoms with Gasteiger partial charge < -0.3 is 9.47 Å². The number of carbonyl (C=O) groups excluding carboxylic acids is 1. The van der Waals surface area contributed by atoms with Gasteiger partial charge in [-0.1, -0.05) is 12.1 Å². The zero-order valence-corrected chi connectivity index (χ0v) is 12.6. The van der Waals surface area contributed by atoms with Crippen molar-refractivity contribution in [3.05, 3.63) is 59.7 Å². The molecule has 112 valence electrons. The molecular weight excluding hydrogens is 278 g/mol. The first-order chi connectivity index (χ1) is 10.7. The Balaban J connectivity index is 2.11. The fourth-order valence-electron chi connectivity index (χ4n) is 2.15. The molecule has 4 nitrogen and oxygen atoms in total. The van der Waals surface area contributed by atoms with E-state index in [1.807, 2.05) is 12.1 Å². The summed E-state index contributed by atoms with van der Waals surface area (Å²) < 4.78 is 10.2. The summed E-state index contributed by atoms with van der Waals surface area (Å²) in [4.78, 5) is 12.3. The lowest BCUT2D eigenvalue weighted by molar-refractivity contribution is 0.0979. The number of rotatable bonds is 6. The van der Waals surface area contributed by atoms with Gasteiger partial charge in [0, 0.05) is 12.0 Å². The maximum Gasteiger partial charge on any atom is 0.164 e. The Morgan fingerprint density at radius 1 is 1.00 bits per heavy atom. The average molecular weight is 295 g/mol. The Morgan fingerprint density at radius 2 is 1.50 bits per heavy atom. The predicted octanol–water partition coefficient (Wildman–Crippen LogP) is 3.58. The van der Waals surface area contributed by atoms with Crippen molar-refractivity contribution in [2.24, 2.45) is 0 Å². The normalized spacial score (nSPS) is 11.3. The number of ether oxygens (including phenoxy) is 2.